The van der Waals surface area contributed by atoms with E-state index in [0.29, 0.717) is 33.7 Å². The standard InChI is InChI=1S/C29H25FN4O3/c30-20-14-12-18(13-15-20)16-32-29(37)21-8-4-10-23-27(21)34-28(33-23)26-22(9-5-11-24(26)35)31-17-25(36)19-6-2-1-3-7-19/h1-10,12-15,25,31,36H,11,16-17H2,(H,32,37)(H,33,34). The van der Waals surface area contributed by atoms with E-state index in [1.165, 1.54) is 12.1 Å². The van der Waals surface area contributed by atoms with Gasteiger partial charge in [0.1, 0.15) is 17.2 Å². The molecule has 4 N–H and O–H groups in total. The fraction of sp³-hybridized carbons (Fsp3) is 0.138. The van der Waals surface area contributed by atoms with Gasteiger partial charge in [-0.2, -0.15) is 0 Å². The first-order valence-electron chi connectivity index (χ1n) is 11.9. The minimum atomic E-state index is -0.757. The Labute approximate surface area is 212 Å². The number of amides is 1. The van der Waals surface area contributed by atoms with E-state index < -0.39 is 6.10 Å². The van der Waals surface area contributed by atoms with Crippen molar-refractivity contribution >= 4 is 28.3 Å². The van der Waals surface area contributed by atoms with Crippen molar-refractivity contribution in [2.24, 2.45) is 0 Å². The molecule has 7 nitrogen and oxygen atoms in total. The molecular formula is C29H25FN4O3. The number of benzene rings is 3. The molecule has 3 aromatic carbocycles. The molecule has 0 fully saturated rings. The molecule has 8 heteroatoms. The highest BCUT2D eigenvalue weighted by Gasteiger charge is 2.24. The Bertz CT molecular complexity index is 1510. The number of carbonyl (C=O) groups excluding carboxylic acids is 2. The molecule has 0 bridgehead atoms. The molecule has 4 aromatic rings. The molecule has 1 aliphatic carbocycles. The van der Waals surface area contributed by atoms with Crippen molar-refractivity contribution in [2.75, 3.05) is 6.54 Å². The van der Waals surface area contributed by atoms with Crippen molar-refractivity contribution in [3.05, 3.63) is 119 Å². The number of H-pyrrole nitrogens is 1. The lowest BCUT2D eigenvalue weighted by Crippen LogP contribution is -2.24. The van der Waals surface area contributed by atoms with Gasteiger partial charge in [-0.15, -0.1) is 0 Å². The minimum Gasteiger partial charge on any atom is -0.387 e. The molecule has 0 radical (unpaired) electrons. The van der Waals surface area contributed by atoms with E-state index in [9.17, 15) is 19.1 Å². The number of nitrogens with one attached hydrogen (secondary N) is 3. The van der Waals surface area contributed by atoms with Gasteiger partial charge in [0.05, 0.1) is 22.8 Å². The van der Waals surface area contributed by atoms with Crippen molar-refractivity contribution in [1.82, 2.24) is 20.6 Å². The summed E-state index contributed by atoms with van der Waals surface area (Å²) in [5.41, 5.74) is 3.86. The van der Waals surface area contributed by atoms with Gasteiger partial charge in [0.2, 0.25) is 0 Å². The minimum absolute atomic E-state index is 0.124. The summed E-state index contributed by atoms with van der Waals surface area (Å²) in [5, 5.41) is 16.6. The zero-order valence-corrected chi connectivity index (χ0v) is 19.9. The molecule has 1 aromatic heterocycles. The molecule has 37 heavy (non-hydrogen) atoms. The second kappa shape index (κ2) is 10.6. The van der Waals surface area contributed by atoms with E-state index in [1.807, 2.05) is 30.3 Å². The Balaban J connectivity index is 1.40. The number of carbonyl (C=O) groups is 2. The van der Waals surface area contributed by atoms with Crippen LogP contribution in [0.2, 0.25) is 0 Å². The third-order valence-electron chi connectivity index (χ3n) is 6.17. The third kappa shape index (κ3) is 5.34. The average molecular weight is 497 g/mol. The van der Waals surface area contributed by atoms with Crippen LogP contribution in [0, 0.1) is 5.82 Å². The number of aromatic nitrogens is 2. The van der Waals surface area contributed by atoms with Crippen LogP contribution in [0.1, 0.15) is 39.8 Å². The van der Waals surface area contributed by atoms with Crippen LogP contribution in [0.15, 0.2) is 90.6 Å². The first kappa shape index (κ1) is 24.1. The molecule has 186 valence electrons. The Morgan fingerprint density at radius 1 is 1.05 bits per heavy atom. The van der Waals surface area contributed by atoms with Gasteiger partial charge in [-0.25, -0.2) is 9.37 Å². The van der Waals surface area contributed by atoms with E-state index in [4.69, 9.17) is 0 Å². The molecule has 0 spiro atoms. The van der Waals surface area contributed by atoms with Crippen molar-refractivity contribution < 1.29 is 19.1 Å². The van der Waals surface area contributed by atoms with E-state index in [0.717, 1.165) is 11.1 Å². The van der Waals surface area contributed by atoms with E-state index in [1.54, 1.807) is 42.5 Å². The zero-order chi connectivity index (χ0) is 25.8. The highest BCUT2D eigenvalue weighted by Crippen LogP contribution is 2.27. The number of allylic oxidation sites excluding steroid dienone is 3. The van der Waals surface area contributed by atoms with E-state index in [-0.39, 0.29) is 37.0 Å². The highest BCUT2D eigenvalue weighted by molar-refractivity contribution is 6.23. The lowest BCUT2D eigenvalue weighted by molar-refractivity contribution is -0.113. The number of fused-ring (bicyclic) bond motifs is 1. The molecule has 1 heterocycles. The number of aliphatic hydroxyl groups excluding tert-OH is 1. The van der Waals surface area contributed by atoms with Crippen LogP contribution in [-0.4, -0.2) is 33.3 Å². The van der Waals surface area contributed by atoms with Crippen LogP contribution in [0.25, 0.3) is 16.6 Å². The summed E-state index contributed by atoms with van der Waals surface area (Å²) in [4.78, 5) is 33.7. The van der Waals surface area contributed by atoms with Gasteiger partial charge < -0.3 is 20.7 Å². The number of hydrogen-bond acceptors (Lipinski definition) is 5. The first-order valence-corrected chi connectivity index (χ1v) is 11.9. The third-order valence-corrected chi connectivity index (χ3v) is 6.17. The maximum absolute atomic E-state index is 13.2. The number of halogens is 1. The van der Waals surface area contributed by atoms with Crippen LogP contribution >= 0.6 is 0 Å². The van der Waals surface area contributed by atoms with Crippen LogP contribution < -0.4 is 10.6 Å². The van der Waals surface area contributed by atoms with E-state index in [2.05, 4.69) is 20.6 Å². The topological polar surface area (TPSA) is 107 Å². The highest BCUT2D eigenvalue weighted by atomic mass is 19.1. The van der Waals surface area contributed by atoms with Crippen LogP contribution in [0.4, 0.5) is 4.39 Å². The van der Waals surface area contributed by atoms with E-state index >= 15 is 0 Å². The maximum atomic E-state index is 13.2. The second-order valence-corrected chi connectivity index (χ2v) is 8.72. The van der Waals surface area contributed by atoms with Crippen molar-refractivity contribution in [1.29, 1.82) is 0 Å². The van der Waals surface area contributed by atoms with Crippen LogP contribution in [-0.2, 0) is 11.3 Å². The number of hydrogen-bond donors (Lipinski definition) is 4. The molecule has 0 saturated heterocycles. The van der Waals surface area contributed by atoms with Crippen LogP contribution in [0.5, 0.6) is 0 Å². The van der Waals surface area contributed by atoms with Gasteiger partial charge in [-0.1, -0.05) is 54.6 Å². The van der Waals surface area contributed by atoms with Crippen molar-refractivity contribution in [3.8, 4) is 0 Å². The SMILES string of the molecule is O=C1CC=CC(NCC(O)c2ccccc2)=C1c1nc2c(C(=O)NCc3ccc(F)cc3)cccc2[nH]1. The lowest BCUT2D eigenvalue weighted by Gasteiger charge is -2.18. The number of imidazole rings is 1. The fourth-order valence-corrected chi connectivity index (χ4v) is 4.24. The average Bonchev–Trinajstić information content (AvgIpc) is 3.35. The van der Waals surface area contributed by atoms with Gasteiger partial charge in [-0.05, 0) is 41.5 Å². The zero-order valence-electron chi connectivity index (χ0n) is 19.9. The molecule has 1 aliphatic rings. The summed E-state index contributed by atoms with van der Waals surface area (Å²) in [6.45, 7) is 0.441. The largest absolute Gasteiger partial charge is 0.387 e. The van der Waals surface area contributed by atoms with Crippen molar-refractivity contribution in [2.45, 2.75) is 19.1 Å². The summed E-state index contributed by atoms with van der Waals surface area (Å²) < 4.78 is 13.2. The number of aliphatic hydroxyl groups is 1. The Hall–Kier alpha value is -4.56. The monoisotopic (exact) mass is 496 g/mol. The molecule has 0 aliphatic heterocycles. The molecule has 1 amide bonds. The second-order valence-electron chi connectivity index (χ2n) is 8.72. The number of para-hydroxylation sites is 1. The maximum Gasteiger partial charge on any atom is 0.253 e. The quantitative estimate of drug-likeness (QED) is 0.293. The summed E-state index contributed by atoms with van der Waals surface area (Å²) in [7, 11) is 0. The Kier molecular flexibility index (Phi) is 6.91. The Morgan fingerprint density at radius 3 is 2.62 bits per heavy atom. The van der Waals surface area contributed by atoms with Gasteiger partial charge in [0, 0.05) is 25.2 Å². The predicted octanol–water partition coefficient (Wildman–Crippen LogP) is 4.20. The number of rotatable bonds is 8. The summed E-state index contributed by atoms with van der Waals surface area (Å²) in [6.07, 6.45) is 3.04. The van der Waals surface area contributed by atoms with Crippen LogP contribution in [0.3, 0.4) is 0 Å². The Morgan fingerprint density at radius 2 is 1.84 bits per heavy atom. The first-order chi connectivity index (χ1) is 18.0. The number of Topliss-reactive ketones (excluding diaryl/α,β-unsaturated/α-hetero) is 1. The molecular weight excluding hydrogens is 471 g/mol. The molecule has 1 atom stereocenters. The number of nitrogens with zero attached hydrogens (tertiary/aromatic N) is 1. The fourth-order valence-electron chi connectivity index (χ4n) is 4.24. The van der Waals surface area contributed by atoms with Gasteiger partial charge in [0.25, 0.3) is 5.91 Å². The summed E-state index contributed by atoms with van der Waals surface area (Å²) in [5.74, 6) is -0.449. The lowest BCUT2D eigenvalue weighted by atomic mass is 9.99. The summed E-state index contributed by atoms with van der Waals surface area (Å²) in [6, 6.07) is 20.4. The summed E-state index contributed by atoms with van der Waals surface area (Å²) >= 11 is 0. The van der Waals surface area contributed by atoms with Crippen molar-refractivity contribution in [3.63, 3.8) is 0 Å². The number of ketones is 1. The molecule has 5 rings (SSSR count). The van der Waals surface area contributed by atoms with Gasteiger partial charge >= 0.3 is 0 Å². The molecule has 0 saturated carbocycles. The van der Waals surface area contributed by atoms with Gasteiger partial charge in [-0.3, -0.25) is 9.59 Å². The predicted molar refractivity (Wildman–Crippen MR) is 139 cm³/mol. The van der Waals surface area contributed by atoms with Gasteiger partial charge in [0.15, 0.2) is 5.78 Å². The smallest absolute Gasteiger partial charge is 0.253 e. The molecule has 1 unspecified atom stereocenters. The number of aromatic amines is 1. The normalized spacial score (nSPS) is 14.2.